The number of H-pyrrole nitrogens is 1. The number of aromatic hydroxyl groups is 1. The summed E-state index contributed by atoms with van der Waals surface area (Å²) in [6.45, 7) is 1.78. The van der Waals surface area contributed by atoms with E-state index in [0.29, 0.717) is 17.2 Å². The fourth-order valence-corrected chi connectivity index (χ4v) is 4.80. The summed E-state index contributed by atoms with van der Waals surface area (Å²) in [6.07, 6.45) is 2.05. The van der Waals surface area contributed by atoms with Gasteiger partial charge in [-0.2, -0.15) is 0 Å². The van der Waals surface area contributed by atoms with Crippen molar-refractivity contribution < 1.29 is 24.1 Å². The summed E-state index contributed by atoms with van der Waals surface area (Å²) in [6, 6.07) is 19.3. The molecule has 1 fully saturated rings. The molecule has 3 aromatic carbocycles. The highest BCUT2D eigenvalue weighted by Crippen LogP contribution is 2.41. The number of ether oxygens (including phenoxy) is 1. The van der Waals surface area contributed by atoms with Crippen LogP contribution in [0.15, 0.2) is 77.6 Å². The molecule has 0 bridgehead atoms. The third kappa shape index (κ3) is 5.58. The quantitative estimate of drug-likeness (QED) is 0.232. The summed E-state index contributed by atoms with van der Waals surface area (Å²) < 4.78 is 21.3. The number of nitrogens with one attached hydrogen (secondary N) is 2. The highest BCUT2D eigenvalue weighted by molar-refractivity contribution is 5.95. The van der Waals surface area contributed by atoms with Gasteiger partial charge in [0.15, 0.2) is 0 Å². The average Bonchev–Trinajstić information content (AvgIpc) is 3.76. The van der Waals surface area contributed by atoms with Gasteiger partial charge in [0, 0.05) is 11.5 Å². The van der Waals surface area contributed by atoms with Gasteiger partial charge in [0.05, 0.1) is 12.3 Å². The maximum Gasteiger partial charge on any atom is 0.329 e. The summed E-state index contributed by atoms with van der Waals surface area (Å²) >= 11 is 0. The number of imidazole rings is 1. The van der Waals surface area contributed by atoms with E-state index in [1.807, 2.05) is 30.3 Å². The van der Waals surface area contributed by atoms with Crippen LogP contribution in [0.4, 0.5) is 10.1 Å². The van der Waals surface area contributed by atoms with Crippen LogP contribution in [0.25, 0.3) is 11.3 Å². The van der Waals surface area contributed by atoms with Crippen molar-refractivity contribution in [1.29, 1.82) is 0 Å². The Hall–Kier alpha value is -4.37. The van der Waals surface area contributed by atoms with Crippen LogP contribution in [-0.2, 0) is 4.79 Å². The third-order valence-electron chi connectivity index (χ3n) is 7.05. The summed E-state index contributed by atoms with van der Waals surface area (Å²) in [7, 11) is 0. The molecule has 4 N–H and O–H groups in total. The highest BCUT2D eigenvalue weighted by atomic mass is 19.1. The molecule has 202 valence electrons. The Morgan fingerprint density at radius 1 is 1.13 bits per heavy atom. The van der Waals surface area contributed by atoms with Crippen molar-refractivity contribution in [3.8, 4) is 22.9 Å². The molecule has 1 aliphatic rings. The second-order valence-corrected chi connectivity index (χ2v) is 9.74. The van der Waals surface area contributed by atoms with Crippen LogP contribution < -0.4 is 15.7 Å². The predicted octanol–water partition coefficient (Wildman–Crippen LogP) is 4.92. The largest absolute Gasteiger partial charge is 0.493 e. The Kier molecular flexibility index (Phi) is 7.51. The number of hydrogen-bond acceptors (Lipinski definition) is 5. The van der Waals surface area contributed by atoms with Crippen molar-refractivity contribution in [2.45, 2.75) is 37.6 Å². The molecule has 1 heterocycles. The fourth-order valence-electron chi connectivity index (χ4n) is 4.80. The summed E-state index contributed by atoms with van der Waals surface area (Å²) in [5, 5.41) is 22.8. The number of carbonyl (C=O) groups excluding carboxylic acids is 1. The number of aliphatic hydroxyl groups is 1. The van der Waals surface area contributed by atoms with Gasteiger partial charge < -0.3 is 25.3 Å². The first-order valence-electron chi connectivity index (χ1n) is 12.9. The first kappa shape index (κ1) is 26.2. The zero-order valence-electron chi connectivity index (χ0n) is 21.4. The van der Waals surface area contributed by atoms with E-state index in [1.54, 1.807) is 37.3 Å². The van der Waals surface area contributed by atoms with E-state index in [2.05, 4.69) is 10.3 Å². The Labute approximate surface area is 224 Å². The third-order valence-corrected chi connectivity index (χ3v) is 7.05. The average molecular weight is 532 g/mol. The van der Waals surface area contributed by atoms with Crippen molar-refractivity contribution in [1.82, 2.24) is 9.55 Å². The van der Waals surface area contributed by atoms with Crippen LogP contribution in [0.3, 0.4) is 0 Å². The Morgan fingerprint density at radius 2 is 1.85 bits per heavy atom. The lowest BCUT2D eigenvalue weighted by Crippen LogP contribution is -2.35. The summed E-state index contributed by atoms with van der Waals surface area (Å²) in [5.41, 5.74) is 1.62. The lowest BCUT2D eigenvalue weighted by Gasteiger charge is -2.25. The Morgan fingerprint density at radius 3 is 2.49 bits per heavy atom. The van der Waals surface area contributed by atoms with E-state index in [1.165, 1.54) is 12.1 Å². The minimum absolute atomic E-state index is 0.0106. The van der Waals surface area contributed by atoms with Crippen molar-refractivity contribution in [2.75, 3.05) is 18.5 Å². The molecule has 1 aliphatic carbocycles. The number of nitrogens with zero attached hydrogens (tertiary/aromatic N) is 1. The van der Waals surface area contributed by atoms with Crippen molar-refractivity contribution in [3.63, 3.8) is 0 Å². The molecule has 0 aliphatic heterocycles. The number of carbonyl (C=O) groups is 1. The van der Waals surface area contributed by atoms with E-state index in [0.717, 1.165) is 28.5 Å². The van der Waals surface area contributed by atoms with E-state index in [9.17, 15) is 19.1 Å². The number of aliphatic hydroxyl groups excluding tert-OH is 1. The fraction of sp³-hybridized carbons (Fsp3) is 0.267. The van der Waals surface area contributed by atoms with Gasteiger partial charge >= 0.3 is 5.69 Å². The zero-order chi connectivity index (χ0) is 27.5. The molecule has 8 nitrogen and oxygen atoms in total. The molecule has 0 radical (unpaired) electrons. The molecule has 1 aromatic heterocycles. The van der Waals surface area contributed by atoms with Crippen LogP contribution in [0.1, 0.15) is 48.8 Å². The van der Waals surface area contributed by atoms with Gasteiger partial charge in [0.1, 0.15) is 29.9 Å². The summed E-state index contributed by atoms with van der Waals surface area (Å²) in [5.74, 6) is -1.29. The summed E-state index contributed by atoms with van der Waals surface area (Å²) in [4.78, 5) is 29.6. The van der Waals surface area contributed by atoms with Crippen LogP contribution in [0, 0.1) is 5.82 Å². The van der Waals surface area contributed by atoms with Gasteiger partial charge in [0.2, 0.25) is 11.8 Å². The van der Waals surface area contributed by atoms with Crippen LogP contribution in [-0.4, -0.2) is 38.9 Å². The van der Waals surface area contributed by atoms with E-state index in [-0.39, 0.29) is 24.6 Å². The van der Waals surface area contributed by atoms with Gasteiger partial charge in [-0.05, 0) is 66.3 Å². The van der Waals surface area contributed by atoms with Gasteiger partial charge in [0.25, 0.3) is 0 Å². The van der Waals surface area contributed by atoms with E-state index in [4.69, 9.17) is 9.84 Å². The Balaban J connectivity index is 1.50. The molecule has 0 saturated heterocycles. The van der Waals surface area contributed by atoms with Gasteiger partial charge in [-0.25, -0.2) is 13.8 Å². The standard InChI is InChI=1S/C30H30FN3O5/c1-18(19-5-3-2-4-6-19)27(28(36)32-25-14-11-22(17-24(25)31)20-7-8-20)34-29(37)26(33-30(34)38)21-9-12-23(13-10-21)39-16-15-35/h2-6,9-14,17-18,20,27,35,37H,7-8,15-16H2,1H3,(H,32,36)(H,33,38)/t18-,27-/m0/s1. The van der Waals surface area contributed by atoms with Gasteiger partial charge in [-0.15, -0.1) is 0 Å². The van der Waals surface area contributed by atoms with Crippen LogP contribution >= 0.6 is 0 Å². The van der Waals surface area contributed by atoms with Crippen LogP contribution in [0.5, 0.6) is 11.6 Å². The molecule has 9 heteroatoms. The number of benzene rings is 3. The highest BCUT2D eigenvalue weighted by Gasteiger charge is 2.34. The Bertz CT molecular complexity index is 1510. The number of halogens is 1. The lowest BCUT2D eigenvalue weighted by atomic mass is 9.92. The lowest BCUT2D eigenvalue weighted by molar-refractivity contribution is -0.120. The van der Waals surface area contributed by atoms with Crippen LogP contribution in [0.2, 0.25) is 0 Å². The molecule has 5 rings (SSSR count). The first-order valence-corrected chi connectivity index (χ1v) is 12.9. The molecular weight excluding hydrogens is 501 g/mol. The number of rotatable bonds is 10. The maximum atomic E-state index is 14.9. The molecule has 39 heavy (non-hydrogen) atoms. The SMILES string of the molecule is C[C@@H](c1ccccc1)[C@@H](C(=O)Nc1ccc(C2CC2)cc1F)n1c(O)c(-c2ccc(OCCO)cc2)[nH]c1=O. The van der Waals surface area contributed by atoms with Gasteiger partial charge in [-0.3, -0.25) is 4.79 Å². The van der Waals surface area contributed by atoms with Crippen molar-refractivity contribution >= 4 is 11.6 Å². The monoisotopic (exact) mass is 531 g/mol. The van der Waals surface area contributed by atoms with E-state index >= 15 is 0 Å². The molecular formula is C30H30FN3O5. The number of amides is 1. The molecule has 2 atom stereocenters. The topological polar surface area (TPSA) is 117 Å². The van der Waals surface area contributed by atoms with Crippen molar-refractivity contribution in [3.05, 3.63) is 100 Å². The molecule has 1 saturated carbocycles. The number of aromatic amines is 1. The maximum absolute atomic E-state index is 14.9. The normalized spacial score (nSPS) is 14.5. The first-order chi connectivity index (χ1) is 18.9. The smallest absolute Gasteiger partial charge is 0.329 e. The molecule has 0 spiro atoms. The van der Waals surface area contributed by atoms with Gasteiger partial charge in [-0.1, -0.05) is 43.3 Å². The molecule has 0 unspecified atom stereocenters. The number of anilines is 1. The van der Waals surface area contributed by atoms with Crippen molar-refractivity contribution in [2.24, 2.45) is 0 Å². The predicted molar refractivity (Wildman–Crippen MR) is 146 cm³/mol. The van der Waals surface area contributed by atoms with E-state index < -0.39 is 35.3 Å². The second kappa shape index (κ2) is 11.2. The second-order valence-electron chi connectivity index (χ2n) is 9.74. The minimum Gasteiger partial charge on any atom is -0.493 e. The molecule has 4 aromatic rings. The molecule has 1 amide bonds. The number of aromatic nitrogens is 2. The zero-order valence-corrected chi connectivity index (χ0v) is 21.4. The number of hydrogen-bond donors (Lipinski definition) is 4. The minimum atomic E-state index is -1.19.